The molecule has 1 heterocycles. The third-order valence-corrected chi connectivity index (χ3v) is 3.54. The first-order valence-electron chi connectivity index (χ1n) is 4.73. The standard InChI is InChI=1S/C8H13NO7S/c1-15-7(10)4-17(13,14)9-6-3-16-2-5(6)8(11)12/h5-6,9H,2-4H2,1H3,(H,11,12). The zero-order valence-electron chi connectivity index (χ0n) is 9.08. The summed E-state index contributed by atoms with van der Waals surface area (Å²) in [6, 6.07) is -0.859. The molecule has 1 aliphatic rings. The SMILES string of the molecule is COC(=O)CS(=O)(=O)NC1COCC1C(=O)O. The number of rotatable bonds is 5. The second-order valence-corrected chi connectivity index (χ2v) is 5.30. The van der Waals surface area contributed by atoms with Gasteiger partial charge in [-0.1, -0.05) is 0 Å². The molecule has 0 aromatic carbocycles. The van der Waals surface area contributed by atoms with Crippen molar-refractivity contribution in [1.29, 1.82) is 0 Å². The minimum Gasteiger partial charge on any atom is -0.481 e. The lowest BCUT2D eigenvalue weighted by molar-refractivity contribution is -0.142. The number of hydrogen-bond donors (Lipinski definition) is 2. The van der Waals surface area contributed by atoms with Gasteiger partial charge in [0, 0.05) is 0 Å². The van der Waals surface area contributed by atoms with Gasteiger partial charge in [-0.2, -0.15) is 0 Å². The molecule has 0 bridgehead atoms. The molecule has 0 aromatic rings. The van der Waals surface area contributed by atoms with Crippen molar-refractivity contribution in [1.82, 2.24) is 4.72 Å². The van der Waals surface area contributed by atoms with Crippen LogP contribution in [0.25, 0.3) is 0 Å². The van der Waals surface area contributed by atoms with Crippen molar-refractivity contribution >= 4 is 22.0 Å². The molecule has 0 aromatic heterocycles. The average molecular weight is 267 g/mol. The van der Waals surface area contributed by atoms with Crippen LogP contribution in [0.2, 0.25) is 0 Å². The van der Waals surface area contributed by atoms with Crippen molar-refractivity contribution in [3.63, 3.8) is 0 Å². The van der Waals surface area contributed by atoms with E-state index in [1.807, 2.05) is 0 Å². The summed E-state index contributed by atoms with van der Waals surface area (Å²) in [7, 11) is -2.84. The lowest BCUT2D eigenvalue weighted by Crippen LogP contribution is -2.44. The quantitative estimate of drug-likeness (QED) is 0.563. The van der Waals surface area contributed by atoms with Crippen LogP contribution >= 0.6 is 0 Å². The molecule has 0 saturated carbocycles. The second kappa shape index (κ2) is 5.43. The van der Waals surface area contributed by atoms with Crippen molar-refractivity contribution in [3.8, 4) is 0 Å². The van der Waals surface area contributed by atoms with E-state index in [2.05, 4.69) is 9.46 Å². The van der Waals surface area contributed by atoms with Gasteiger partial charge in [-0.15, -0.1) is 0 Å². The van der Waals surface area contributed by atoms with Crippen LogP contribution < -0.4 is 4.72 Å². The largest absolute Gasteiger partial charge is 0.481 e. The molecule has 9 heteroatoms. The summed E-state index contributed by atoms with van der Waals surface area (Å²) < 4.78 is 34.1. The van der Waals surface area contributed by atoms with Gasteiger partial charge in [0.1, 0.15) is 0 Å². The molecule has 0 aliphatic carbocycles. The Morgan fingerprint density at radius 2 is 2.12 bits per heavy atom. The zero-order valence-corrected chi connectivity index (χ0v) is 9.90. The van der Waals surface area contributed by atoms with Crippen LogP contribution in [0.15, 0.2) is 0 Å². The van der Waals surface area contributed by atoms with E-state index in [9.17, 15) is 18.0 Å². The number of methoxy groups -OCH3 is 1. The van der Waals surface area contributed by atoms with Crippen LogP contribution in [0.5, 0.6) is 0 Å². The highest BCUT2D eigenvalue weighted by molar-refractivity contribution is 7.90. The molecule has 1 rings (SSSR count). The molecule has 17 heavy (non-hydrogen) atoms. The van der Waals surface area contributed by atoms with Gasteiger partial charge in [0.25, 0.3) is 0 Å². The number of sulfonamides is 1. The molecule has 1 fully saturated rings. The molecule has 0 amide bonds. The Labute approximate surface area is 97.9 Å². The van der Waals surface area contributed by atoms with Gasteiger partial charge in [0.2, 0.25) is 10.0 Å². The molecular weight excluding hydrogens is 254 g/mol. The highest BCUT2D eigenvalue weighted by atomic mass is 32.2. The van der Waals surface area contributed by atoms with Crippen LogP contribution in [-0.4, -0.2) is 57.6 Å². The van der Waals surface area contributed by atoms with Crippen molar-refractivity contribution in [2.45, 2.75) is 6.04 Å². The van der Waals surface area contributed by atoms with Crippen molar-refractivity contribution < 1.29 is 32.6 Å². The van der Waals surface area contributed by atoms with Gasteiger partial charge in [0.15, 0.2) is 5.75 Å². The lowest BCUT2D eigenvalue weighted by atomic mass is 10.1. The van der Waals surface area contributed by atoms with Crippen molar-refractivity contribution in [2.24, 2.45) is 5.92 Å². The predicted octanol–water partition coefficient (Wildman–Crippen LogP) is -1.82. The number of nitrogens with one attached hydrogen (secondary N) is 1. The maximum absolute atomic E-state index is 11.5. The number of esters is 1. The Kier molecular flexibility index (Phi) is 4.43. The topological polar surface area (TPSA) is 119 Å². The number of carbonyl (C=O) groups is 2. The van der Waals surface area contributed by atoms with Crippen LogP contribution in [0.1, 0.15) is 0 Å². The van der Waals surface area contributed by atoms with E-state index in [0.29, 0.717) is 0 Å². The van der Waals surface area contributed by atoms with E-state index in [1.165, 1.54) is 0 Å². The summed E-state index contributed by atoms with van der Waals surface area (Å²) in [5, 5.41) is 8.80. The first kappa shape index (κ1) is 13.9. The molecule has 0 radical (unpaired) electrons. The fourth-order valence-corrected chi connectivity index (χ4v) is 2.61. The Morgan fingerprint density at radius 3 is 2.65 bits per heavy atom. The zero-order chi connectivity index (χ0) is 13.1. The van der Waals surface area contributed by atoms with Crippen LogP contribution in [-0.2, 0) is 29.1 Å². The van der Waals surface area contributed by atoms with Crippen LogP contribution in [0.4, 0.5) is 0 Å². The van der Waals surface area contributed by atoms with E-state index in [0.717, 1.165) is 7.11 Å². The molecule has 1 aliphatic heterocycles. The molecule has 1 saturated heterocycles. The van der Waals surface area contributed by atoms with Gasteiger partial charge >= 0.3 is 11.9 Å². The van der Waals surface area contributed by atoms with Crippen LogP contribution in [0.3, 0.4) is 0 Å². The summed E-state index contributed by atoms with van der Waals surface area (Å²) >= 11 is 0. The Morgan fingerprint density at radius 1 is 1.47 bits per heavy atom. The Bertz CT molecular complexity index is 404. The summed E-state index contributed by atoms with van der Waals surface area (Å²) in [6.07, 6.45) is 0. The molecule has 2 N–H and O–H groups in total. The van der Waals surface area contributed by atoms with E-state index >= 15 is 0 Å². The van der Waals surface area contributed by atoms with E-state index in [-0.39, 0.29) is 13.2 Å². The third-order valence-electron chi connectivity index (χ3n) is 2.26. The minimum absolute atomic E-state index is 0.0304. The van der Waals surface area contributed by atoms with Gasteiger partial charge < -0.3 is 14.6 Å². The number of hydrogen-bond acceptors (Lipinski definition) is 6. The molecule has 0 spiro atoms. The predicted molar refractivity (Wildman–Crippen MR) is 54.7 cm³/mol. The smallest absolute Gasteiger partial charge is 0.322 e. The molecule has 2 unspecified atom stereocenters. The van der Waals surface area contributed by atoms with Gasteiger partial charge in [0.05, 0.1) is 32.3 Å². The summed E-state index contributed by atoms with van der Waals surface area (Å²) in [4.78, 5) is 21.6. The highest BCUT2D eigenvalue weighted by Crippen LogP contribution is 2.14. The molecule has 8 nitrogen and oxygen atoms in total. The maximum Gasteiger partial charge on any atom is 0.322 e. The summed E-state index contributed by atoms with van der Waals surface area (Å²) in [5.41, 5.74) is 0. The van der Waals surface area contributed by atoms with E-state index < -0.39 is 39.7 Å². The first-order chi connectivity index (χ1) is 7.85. The van der Waals surface area contributed by atoms with Gasteiger partial charge in [-0.05, 0) is 0 Å². The Hall–Kier alpha value is -1.19. The highest BCUT2D eigenvalue weighted by Gasteiger charge is 2.37. The van der Waals surface area contributed by atoms with Crippen molar-refractivity contribution in [2.75, 3.05) is 26.1 Å². The lowest BCUT2D eigenvalue weighted by Gasteiger charge is -2.15. The third kappa shape index (κ3) is 3.95. The van der Waals surface area contributed by atoms with Gasteiger partial charge in [-0.3, -0.25) is 9.59 Å². The van der Waals surface area contributed by atoms with Crippen LogP contribution in [0, 0.1) is 5.92 Å². The fourth-order valence-electron chi connectivity index (χ4n) is 1.40. The number of carbonyl (C=O) groups excluding carboxylic acids is 1. The van der Waals surface area contributed by atoms with Crippen molar-refractivity contribution in [3.05, 3.63) is 0 Å². The van der Waals surface area contributed by atoms with E-state index in [4.69, 9.17) is 9.84 Å². The monoisotopic (exact) mass is 267 g/mol. The number of aliphatic carboxylic acids is 1. The summed E-state index contributed by atoms with van der Waals surface area (Å²) in [5.74, 6) is -3.84. The fraction of sp³-hybridized carbons (Fsp3) is 0.750. The summed E-state index contributed by atoms with van der Waals surface area (Å²) in [6.45, 7) is -0.0852. The number of carboxylic acids is 1. The Balaban J connectivity index is 2.64. The molecule has 98 valence electrons. The average Bonchev–Trinajstić information content (AvgIpc) is 2.64. The minimum atomic E-state index is -3.91. The molecule has 2 atom stereocenters. The molecular formula is C8H13NO7S. The second-order valence-electron chi connectivity index (χ2n) is 3.54. The van der Waals surface area contributed by atoms with Gasteiger partial charge in [-0.25, -0.2) is 13.1 Å². The maximum atomic E-state index is 11.5. The van der Waals surface area contributed by atoms with E-state index in [1.54, 1.807) is 0 Å². The first-order valence-corrected chi connectivity index (χ1v) is 6.38. The number of ether oxygens (including phenoxy) is 2. The number of carboxylic acid groups (broad SMARTS) is 1. The normalized spacial score (nSPS) is 24.5.